The molecule has 130 valence electrons. The number of aliphatic imine (C=N–C) groups is 1. The van der Waals surface area contributed by atoms with Gasteiger partial charge in [-0.25, -0.2) is 4.99 Å². The van der Waals surface area contributed by atoms with Crippen LogP contribution in [-0.2, 0) is 6.54 Å². The van der Waals surface area contributed by atoms with Crippen LogP contribution in [0, 0.1) is 6.92 Å². The second kappa shape index (κ2) is 10.1. The normalized spacial score (nSPS) is 11.3. The van der Waals surface area contributed by atoms with E-state index in [1.54, 1.807) is 11.3 Å². The number of aryl methyl sites for hydroxylation is 1. The number of nitrogens with zero attached hydrogens (tertiary/aromatic N) is 1. The van der Waals surface area contributed by atoms with Crippen molar-refractivity contribution in [2.45, 2.75) is 26.8 Å². The first kappa shape index (κ1) is 18.5. The number of hydrogen-bond donors (Lipinski definition) is 3. The van der Waals surface area contributed by atoms with Crippen LogP contribution >= 0.6 is 22.7 Å². The average molecular weight is 365 g/mol. The quantitative estimate of drug-likeness (QED) is 0.383. The van der Waals surface area contributed by atoms with Gasteiger partial charge in [-0.15, -0.1) is 22.7 Å². The molecule has 2 aromatic rings. The van der Waals surface area contributed by atoms with Crippen LogP contribution in [0.4, 0.5) is 0 Å². The Hall–Kier alpha value is -1.86. The number of carbonyl (C=O) groups is 1. The van der Waals surface area contributed by atoms with Crippen LogP contribution in [0.1, 0.15) is 32.8 Å². The molecule has 0 bridgehead atoms. The van der Waals surface area contributed by atoms with Crippen molar-refractivity contribution in [1.29, 1.82) is 0 Å². The highest BCUT2D eigenvalue weighted by atomic mass is 32.1. The summed E-state index contributed by atoms with van der Waals surface area (Å²) in [6.07, 6.45) is 0.847. The number of nitrogens with one attached hydrogen (secondary N) is 3. The molecule has 2 rings (SSSR count). The Balaban J connectivity index is 1.68. The number of guanidine groups is 1. The van der Waals surface area contributed by atoms with E-state index >= 15 is 0 Å². The van der Waals surface area contributed by atoms with E-state index in [0.29, 0.717) is 13.1 Å². The molecule has 2 aromatic heterocycles. The summed E-state index contributed by atoms with van der Waals surface area (Å²) in [4.78, 5) is 19.7. The van der Waals surface area contributed by atoms with E-state index in [1.165, 1.54) is 21.1 Å². The molecule has 3 N–H and O–H groups in total. The Bertz CT molecular complexity index is 649. The highest BCUT2D eigenvalue weighted by Crippen LogP contribution is 2.15. The van der Waals surface area contributed by atoms with E-state index in [0.717, 1.165) is 30.3 Å². The van der Waals surface area contributed by atoms with E-state index < -0.39 is 0 Å². The largest absolute Gasteiger partial charge is 0.357 e. The van der Waals surface area contributed by atoms with Gasteiger partial charge in [0.1, 0.15) is 0 Å². The van der Waals surface area contributed by atoms with Crippen molar-refractivity contribution in [3.05, 3.63) is 44.3 Å². The predicted molar refractivity (Wildman–Crippen MR) is 103 cm³/mol. The van der Waals surface area contributed by atoms with Crippen LogP contribution in [-0.4, -0.2) is 31.5 Å². The minimum absolute atomic E-state index is 0.00126. The van der Waals surface area contributed by atoms with Gasteiger partial charge in [0.25, 0.3) is 5.91 Å². The van der Waals surface area contributed by atoms with Gasteiger partial charge in [-0.1, -0.05) is 6.07 Å². The maximum atomic E-state index is 11.8. The van der Waals surface area contributed by atoms with Crippen LogP contribution in [0.25, 0.3) is 0 Å². The Morgan fingerprint density at radius 1 is 1.17 bits per heavy atom. The third-order valence-electron chi connectivity index (χ3n) is 3.21. The molecule has 5 nitrogen and oxygen atoms in total. The zero-order chi connectivity index (χ0) is 17.2. The van der Waals surface area contributed by atoms with Crippen molar-refractivity contribution in [2.24, 2.45) is 4.99 Å². The van der Waals surface area contributed by atoms with Gasteiger partial charge in [0, 0.05) is 29.4 Å². The maximum Gasteiger partial charge on any atom is 0.261 e. The molecule has 1 amide bonds. The van der Waals surface area contributed by atoms with Gasteiger partial charge in [-0.3, -0.25) is 4.79 Å². The molecule has 0 saturated heterocycles. The lowest BCUT2D eigenvalue weighted by Crippen LogP contribution is -2.38. The number of amides is 1. The summed E-state index contributed by atoms with van der Waals surface area (Å²) >= 11 is 3.23. The monoisotopic (exact) mass is 364 g/mol. The summed E-state index contributed by atoms with van der Waals surface area (Å²) in [6, 6.07) is 7.95. The topological polar surface area (TPSA) is 65.5 Å². The van der Waals surface area contributed by atoms with Gasteiger partial charge in [-0.05, 0) is 43.8 Å². The van der Waals surface area contributed by atoms with Crippen LogP contribution in [0.3, 0.4) is 0 Å². The summed E-state index contributed by atoms with van der Waals surface area (Å²) in [7, 11) is 0. The van der Waals surface area contributed by atoms with Gasteiger partial charge < -0.3 is 16.0 Å². The fraction of sp³-hybridized carbons (Fsp3) is 0.412. The Kier molecular flexibility index (Phi) is 7.77. The summed E-state index contributed by atoms with van der Waals surface area (Å²) in [6.45, 7) is 7.07. The Morgan fingerprint density at radius 2 is 2.00 bits per heavy atom. The van der Waals surface area contributed by atoms with Crippen LogP contribution in [0.5, 0.6) is 0 Å². The highest BCUT2D eigenvalue weighted by Gasteiger charge is 2.05. The summed E-state index contributed by atoms with van der Waals surface area (Å²) < 4.78 is 0. The second-order valence-electron chi connectivity index (χ2n) is 5.22. The number of carbonyl (C=O) groups excluding carboxylic acids is 1. The molecule has 7 heteroatoms. The SMILES string of the molecule is CCNC(=NCc1ccc(C)s1)NCCCNC(=O)c1cccs1. The maximum absolute atomic E-state index is 11.8. The first-order valence-electron chi connectivity index (χ1n) is 8.08. The minimum atomic E-state index is -0.00126. The molecule has 0 aliphatic heterocycles. The van der Waals surface area contributed by atoms with E-state index in [9.17, 15) is 4.79 Å². The Labute approximate surface area is 151 Å². The van der Waals surface area contributed by atoms with Crippen molar-refractivity contribution < 1.29 is 4.79 Å². The molecule has 0 aliphatic rings. The zero-order valence-electron chi connectivity index (χ0n) is 14.1. The molecular weight excluding hydrogens is 340 g/mol. The van der Waals surface area contributed by atoms with Gasteiger partial charge in [0.15, 0.2) is 5.96 Å². The lowest BCUT2D eigenvalue weighted by molar-refractivity contribution is 0.0957. The van der Waals surface area contributed by atoms with Gasteiger partial charge >= 0.3 is 0 Å². The lowest BCUT2D eigenvalue weighted by Gasteiger charge is -2.11. The van der Waals surface area contributed by atoms with Gasteiger partial charge in [0.05, 0.1) is 11.4 Å². The van der Waals surface area contributed by atoms with Crippen molar-refractivity contribution in [2.75, 3.05) is 19.6 Å². The fourth-order valence-electron chi connectivity index (χ4n) is 2.06. The van der Waals surface area contributed by atoms with Crippen molar-refractivity contribution in [3.8, 4) is 0 Å². The molecule has 24 heavy (non-hydrogen) atoms. The minimum Gasteiger partial charge on any atom is -0.357 e. The van der Waals surface area contributed by atoms with Crippen molar-refractivity contribution >= 4 is 34.5 Å². The van der Waals surface area contributed by atoms with Crippen molar-refractivity contribution in [1.82, 2.24) is 16.0 Å². The molecular formula is C17H24N4OS2. The molecule has 0 radical (unpaired) electrons. The first-order chi connectivity index (χ1) is 11.7. The molecule has 0 aliphatic carbocycles. The fourth-order valence-corrected chi connectivity index (χ4v) is 3.52. The number of hydrogen-bond acceptors (Lipinski definition) is 4. The highest BCUT2D eigenvalue weighted by molar-refractivity contribution is 7.12. The van der Waals surface area contributed by atoms with E-state index in [2.05, 4.69) is 40.0 Å². The van der Waals surface area contributed by atoms with E-state index in [-0.39, 0.29) is 5.91 Å². The molecule has 0 spiro atoms. The van der Waals surface area contributed by atoms with E-state index in [1.807, 2.05) is 24.4 Å². The van der Waals surface area contributed by atoms with Gasteiger partial charge in [-0.2, -0.15) is 0 Å². The van der Waals surface area contributed by atoms with Gasteiger partial charge in [0.2, 0.25) is 0 Å². The van der Waals surface area contributed by atoms with Crippen LogP contribution < -0.4 is 16.0 Å². The molecule has 0 fully saturated rings. The van der Waals surface area contributed by atoms with Crippen LogP contribution in [0.15, 0.2) is 34.6 Å². The first-order valence-corrected chi connectivity index (χ1v) is 9.78. The second-order valence-corrected chi connectivity index (χ2v) is 7.54. The predicted octanol–water partition coefficient (Wildman–Crippen LogP) is 2.99. The molecule has 0 aromatic carbocycles. The smallest absolute Gasteiger partial charge is 0.261 e. The molecule has 0 unspecified atom stereocenters. The average Bonchev–Trinajstić information content (AvgIpc) is 3.23. The van der Waals surface area contributed by atoms with Crippen molar-refractivity contribution in [3.63, 3.8) is 0 Å². The standard InChI is InChI=1S/C17H24N4OS2/c1-3-18-17(21-12-14-8-7-13(2)24-14)20-10-5-9-19-16(22)15-6-4-11-23-15/h4,6-8,11H,3,5,9-10,12H2,1-2H3,(H,19,22)(H2,18,20,21). The van der Waals surface area contributed by atoms with E-state index in [4.69, 9.17) is 0 Å². The molecule has 2 heterocycles. The summed E-state index contributed by atoms with van der Waals surface area (Å²) in [5.74, 6) is 0.812. The third kappa shape index (κ3) is 6.33. The third-order valence-corrected chi connectivity index (χ3v) is 5.06. The Morgan fingerprint density at radius 3 is 2.67 bits per heavy atom. The number of rotatable bonds is 8. The molecule has 0 atom stereocenters. The van der Waals surface area contributed by atoms with Crippen LogP contribution in [0.2, 0.25) is 0 Å². The number of thiophene rings is 2. The zero-order valence-corrected chi connectivity index (χ0v) is 15.7. The summed E-state index contributed by atoms with van der Waals surface area (Å²) in [5, 5.41) is 11.4. The molecule has 0 saturated carbocycles. The lowest BCUT2D eigenvalue weighted by atomic mass is 10.4. The summed E-state index contributed by atoms with van der Waals surface area (Å²) in [5.41, 5.74) is 0.